The number of carbonyl (C=O) groups is 4. The number of anilines is 1. The van der Waals surface area contributed by atoms with Crippen molar-refractivity contribution in [2.24, 2.45) is 5.73 Å². The van der Waals surface area contributed by atoms with E-state index in [-0.39, 0.29) is 56.9 Å². The Morgan fingerprint density at radius 1 is 0.978 bits per heavy atom. The molecule has 0 spiro atoms. The van der Waals surface area contributed by atoms with Gasteiger partial charge in [0.25, 0.3) is 5.91 Å². The molecular weight excluding hydrogens is 681 g/mol. The maximum Gasteiger partial charge on any atom is 0.416 e. The first-order valence-corrected chi connectivity index (χ1v) is 15.1. The molecule has 0 radical (unpaired) electrons. The Labute approximate surface area is 270 Å². The number of hydrogen-bond donors (Lipinski definition) is 3. The number of carbonyl (C=O) groups excluding carboxylic acids is 3. The van der Waals surface area contributed by atoms with Gasteiger partial charge in [0, 0.05) is 29.4 Å². The number of thiophene rings is 1. The molecule has 2 heterocycles. The van der Waals surface area contributed by atoms with E-state index in [2.05, 4.69) is 5.32 Å². The van der Waals surface area contributed by atoms with Crippen molar-refractivity contribution in [1.29, 1.82) is 0 Å². The van der Waals surface area contributed by atoms with E-state index in [1.807, 2.05) is 0 Å². The molecule has 1 atom stereocenters. The second-order valence-corrected chi connectivity index (χ2v) is 12.5. The molecule has 17 heteroatoms. The zero-order valence-corrected chi connectivity index (χ0v) is 25.5. The summed E-state index contributed by atoms with van der Waals surface area (Å²) in [5.74, 6) is -3.05. The second kappa shape index (κ2) is 13.6. The maximum atomic E-state index is 13.4. The number of thioether (sulfide) groups is 1. The van der Waals surface area contributed by atoms with Gasteiger partial charge in [-0.2, -0.15) is 26.3 Å². The SMILES string of the molecule is NC(=O)CC[C@@H](CC(=O)Nc1ccc(C(=O)O)cc1)N1C(=O)C(=Cc2cc(-c3cc(C(F)(F)F)cc(C(F)(F)F)c3)cs2)SC1=S. The lowest BCUT2D eigenvalue weighted by Crippen LogP contribution is -2.41. The Morgan fingerprint density at radius 3 is 2.13 bits per heavy atom. The molecular formula is C29H21F6N3O5S3. The van der Waals surface area contributed by atoms with E-state index in [4.69, 9.17) is 23.1 Å². The molecule has 46 heavy (non-hydrogen) atoms. The van der Waals surface area contributed by atoms with Gasteiger partial charge < -0.3 is 16.2 Å². The van der Waals surface area contributed by atoms with Crippen molar-refractivity contribution in [2.75, 3.05) is 5.32 Å². The minimum atomic E-state index is -5.02. The summed E-state index contributed by atoms with van der Waals surface area (Å²) in [4.78, 5) is 50.4. The average molecular weight is 702 g/mol. The Morgan fingerprint density at radius 2 is 1.59 bits per heavy atom. The van der Waals surface area contributed by atoms with Crippen molar-refractivity contribution >= 4 is 75.1 Å². The van der Waals surface area contributed by atoms with Gasteiger partial charge >= 0.3 is 18.3 Å². The molecule has 1 saturated heterocycles. The number of nitrogens with one attached hydrogen (secondary N) is 1. The quantitative estimate of drug-likeness (QED) is 0.118. The molecule has 242 valence electrons. The first-order valence-electron chi connectivity index (χ1n) is 13.0. The molecule has 1 aliphatic rings. The molecule has 0 bridgehead atoms. The summed E-state index contributed by atoms with van der Waals surface area (Å²) < 4.78 is 80.1. The Kier molecular flexibility index (Phi) is 10.3. The van der Waals surface area contributed by atoms with Crippen LogP contribution >= 0.6 is 35.3 Å². The third kappa shape index (κ3) is 8.52. The standard InChI is InChI=1S/C29H21F6N3O5S3/c30-28(31,32)17-7-15(8-18(10-17)29(33,34)35)16-9-21(45-13-16)12-22-25(41)38(27(44)46-22)20(5-6-23(36)39)11-24(40)37-19-3-1-14(2-4-19)26(42)43/h1-4,7-10,12-13,20H,5-6,11H2,(H2,36,39)(H,37,40)(H,42,43)/t20-/m0/s1. The van der Waals surface area contributed by atoms with Crippen molar-refractivity contribution in [3.63, 3.8) is 0 Å². The Bertz CT molecular complexity index is 1700. The van der Waals surface area contributed by atoms with Crippen molar-refractivity contribution in [3.8, 4) is 11.1 Å². The summed E-state index contributed by atoms with van der Waals surface area (Å²) in [5.41, 5.74) is 2.39. The minimum absolute atomic E-state index is 0.000400. The summed E-state index contributed by atoms with van der Waals surface area (Å²) in [5, 5.41) is 13.0. The molecule has 2 aromatic carbocycles. The fraction of sp³-hybridized carbons (Fsp3) is 0.207. The number of primary amides is 1. The van der Waals surface area contributed by atoms with Crippen molar-refractivity contribution < 1.29 is 50.6 Å². The number of amides is 3. The monoisotopic (exact) mass is 701 g/mol. The van der Waals surface area contributed by atoms with Crippen molar-refractivity contribution in [1.82, 2.24) is 4.90 Å². The summed E-state index contributed by atoms with van der Waals surface area (Å²) in [7, 11) is 0. The molecule has 0 unspecified atom stereocenters. The molecule has 8 nitrogen and oxygen atoms in total. The van der Waals surface area contributed by atoms with E-state index in [0.29, 0.717) is 17.0 Å². The van der Waals surface area contributed by atoms with Gasteiger partial charge in [0.05, 0.1) is 21.6 Å². The van der Waals surface area contributed by atoms with Crippen LogP contribution in [0.4, 0.5) is 32.0 Å². The van der Waals surface area contributed by atoms with Crippen molar-refractivity contribution in [2.45, 2.75) is 37.7 Å². The highest BCUT2D eigenvalue weighted by Gasteiger charge is 2.39. The third-order valence-corrected chi connectivity index (χ3v) is 8.77. The molecule has 1 aromatic heterocycles. The van der Waals surface area contributed by atoms with Crippen LogP contribution in [0.1, 0.15) is 45.6 Å². The topological polar surface area (TPSA) is 130 Å². The summed E-state index contributed by atoms with van der Waals surface area (Å²) in [6.45, 7) is 0. The van der Waals surface area contributed by atoms with Gasteiger partial charge in [0.15, 0.2) is 0 Å². The minimum Gasteiger partial charge on any atom is -0.478 e. The number of halogens is 6. The molecule has 4 rings (SSSR count). The zero-order valence-electron chi connectivity index (χ0n) is 23.1. The smallest absolute Gasteiger partial charge is 0.416 e. The largest absolute Gasteiger partial charge is 0.478 e. The van der Waals surface area contributed by atoms with E-state index in [1.54, 1.807) is 0 Å². The van der Waals surface area contributed by atoms with Gasteiger partial charge in [-0.25, -0.2) is 4.79 Å². The molecule has 0 saturated carbocycles. The highest BCUT2D eigenvalue weighted by molar-refractivity contribution is 8.26. The number of nitrogens with two attached hydrogens (primary N) is 1. The van der Waals surface area contributed by atoms with Gasteiger partial charge in [0.1, 0.15) is 4.32 Å². The van der Waals surface area contributed by atoms with E-state index in [1.165, 1.54) is 41.8 Å². The van der Waals surface area contributed by atoms with Crippen LogP contribution < -0.4 is 11.1 Å². The van der Waals surface area contributed by atoms with Crippen LogP contribution in [-0.4, -0.2) is 44.1 Å². The normalized spacial score (nSPS) is 15.3. The molecule has 1 aliphatic heterocycles. The first kappa shape index (κ1) is 34.6. The maximum absolute atomic E-state index is 13.4. The highest BCUT2D eigenvalue weighted by Crippen LogP contribution is 2.41. The van der Waals surface area contributed by atoms with Gasteiger partial charge in [-0.05, 0) is 77.5 Å². The van der Waals surface area contributed by atoms with E-state index in [0.717, 1.165) is 28.0 Å². The molecule has 0 aliphatic carbocycles. The number of carboxylic acid groups (broad SMARTS) is 1. The van der Waals surface area contributed by atoms with Gasteiger partial charge in [-0.1, -0.05) is 24.0 Å². The lowest BCUT2D eigenvalue weighted by molar-refractivity contribution is -0.143. The zero-order chi connectivity index (χ0) is 34.0. The van der Waals surface area contributed by atoms with Crippen LogP contribution in [0.25, 0.3) is 17.2 Å². The van der Waals surface area contributed by atoms with E-state index >= 15 is 0 Å². The lowest BCUT2D eigenvalue weighted by Gasteiger charge is -2.26. The molecule has 3 aromatic rings. The number of nitrogens with zero attached hydrogens (tertiary/aromatic N) is 1. The predicted octanol–water partition coefficient (Wildman–Crippen LogP) is 7.02. The number of hydrogen-bond acceptors (Lipinski definition) is 7. The highest BCUT2D eigenvalue weighted by atomic mass is 32.2. The van der Waals surface area contributed by atoms with Crippen LogP contribution in [0.15, 0.2) is 58.8 Å². The van der Waals surface area contributed by atoms with Gasteiger partial charge in [-0.15, -0.1) is 11.3 Å². The number of rotatable bonds is 10. The number of alkyl halides is 6. The number of carboxylic acids is 1. The Hall–Kier alpha value is -4.22. The van der Waals surface area contributed by atoms with Crippen LogP contribution in [0.2, 0.25) is 0 Å². The molecule has 1 fully saturated rings. The number of thiocarbonyl (C=S) groups is 1. The lowest BCUT2D eigenvalue weighted by atomic mass is 10.0. The van der Waals surface area contributed by atoms with Crippen LogP contribution in [0.5, 0.6) is 0 Å². The molecule has 4 N–H and O–H groups in total. The van der Waals surface area contributed by atoms with Gasteiger partial charge in [-0.3, -0.25) is 19.3 Å². The third-order valence-electron chi connectivity index (χ3n) is 6.56. The molecule has 3 amide bonds. The number of aromatic carboxylic acids is 1. The van der Waals surface area contributed by atoms with Crippen LogP contribution in [0, 0.1) is 0 Å². The predicted molar refractivity (Wildman–Crippen MR) is 164 cm³/mol. The van der Waals surface area contributed by atoms with E-state index < -0.39 is 53.2 Å². The van der Waals surface area contributed by atoms with E-state index in [9.17, 15) is 45.5 Å². The second-order valence-electron chi connectivity index (χ2n) is 9.88. The average Bonchev–Trinajstić information content (AvgIpc) is 3.53. The summed E-state index contributed by atoms with van der Waals surface area (Å²) >= 11 is 7.22. The van der Waals surface area contributed by atoms with Crippen LogP contribution in [-0.2, 0) is 26.7 Å². The van der Waals surface area contributed by atoms with Crippen LogP contribution in [0.3, 0.4) is 0 Å². The van der Waals surface area contributed by atoms with Crippen molar-refractivity contribution in [3.05, 3.63) is 80.4 Å². The summed E-state index contributed by atoms with van der Waals surface area (Å²) in [6.07, 6.45) is -9.19. The first-order chi connectivity index (χ1) is 21.4. The number of benzene rings is 2. The fourth-order valence-corrected chi connectivity index (χ4v) is 6.69. The fourth-order valence-electron chi connectivity index (χ4n) is 4.38. The summed E-state index contributed by atoms with van der Waals surface area (Å²) in [6, 6.07) is 6.99. The Balaban J connectivity index is 1.56. The van der Waals surface area contributed by atoms with Gasteiger partial charge in [0.2, 0.25) is 11.8 Å².